The molecule has 0 radical (unpaired) electrons. The predicted molar refractivity (Wildman–Crippen MR) is 79.1 cm³/mol. The van der Waals surface area contributed by atoms with Crippen molar-refractivity contribution in [3.63, 3.8) is 0 Å². The quantitative estimate of drug-likeness (QED) is 0.627. The molecule has 0 aliphatic rings. The van der Waals surface area contributed by atoms with Crippen molar-refractivity contribution in [1.82, 2.24) is 0 Å². The summed E-state index contributed by atoms with van der Waals surface area (Å²) in [5, 5.41) is 0. The fraction of sp³-hybridized carbons (Fsp3) is 1.00. The van der Waals surface area contributed by atoms with E-state index in [2.05, 4.69) is 0 Å². The molecule has 122 valence electrons. The predicted octanol–water partition coefficient (Wildman–Crippen LogP) is 4.64. The molecule has 0 spiro atoms. The minimum absolute atomic E-state index is 0.430. The van der Waals surface area contributed by atoms with Gasteiger partial charge >= 0.3 is 128 Å². The zero-order valence-corrected chi connectivity index (χ0v) is 17.1. The van der Waals surface area contributed by atoms with Crippen LogP contribution in [-0.2, 0) is 9.22 Å². The summed E-state index contributed by atoms with van der Waals surface area (Å²) >= 11 is -4.41. The Kier molecular flexibility index (Phi) is 6.93. The number of rotatable bonds is 5. The Morgan fingerprint density at radius 3 is 1.10 bits per heavy atom. The Morgan fingerprint density at radius 2 is 0.950 bits per heavy atom. The van der Waals surface area contributed by atoms with E-state index in [1.165, 1.54) is 0 Å². The van der Waals surface area contributed by atoms with Gasteiger partial charge in [0.25, 0.3) is 0 Å². The number of alkyl halides is 2. The number of halogens is 2. The fourth-order valence-corrected chi connectivity index (χ4v) is 11.9. The van der Waals surface area contributed by atoms with E-state index in [0.29, 0.717) is 0 Å². The molecular weight excluding hydrogens is 373 g/mol. The zero-order chi connectivity index (χ0) is 16.4. The van der Waals surface area contributed by atoms with Crippen molar-refractivity contribution in [2.24, 2.45) is 0 Å². The normalized spacial score (nSPS) is 15.0. The molecule has 0 heterocycles. The summed E-state index contributed by atoms with van der Waals surface area (Å²) in [6.45, 7) is 16.5. The van der Waals surface area contributed by atoms with E-state index < -0.39 is 47.3 Å². The Balaban J connectivity index is 5.50. The van der Waals surface area contributed by atoms with Crippen molar-refractivity contribution in [3.8, 4) is 0 Å². The molecule has 0 bridgehead atoms. The van der Waals surface area contributed by atoms with Crippen molar-refractivity contribution >= 4 is 19.6 Å². The molecule has 0 amide bonds. The van der Waals surface area contributed by atoms with Crippen LogP contribution in [0.25, 0.3) is 0 Å². The van der Waals surface area contributed by atoms with E-state index in [4.69, 9.17) is 9.22 Å². The molecule has 20 heavy (non-hydrogen) atoms. The van der Waals surface area contributed by atoms with E-state index in [1.54, 1.807) is 0 Å². The van der Waals surface area contributed by atoms with Crippen molar-refractivity contribution < 1.29 is 18.0 Å². The van der Waals surface area contributed by atoms with Crippen LogP contribution in [-0.4, -0.2) is 42.8 Å². The second kappa shape index (κ2) is 6.75. The van der Waals surface area contributed by atoms with Gasteiger partial charge in [0.2, 0.25) is 0 Å². The fourth-order valence-electron chi connectivity index (χ4n) is 1.78. The molecule has 0 unspecified atom stereocenters. The molecule has 0 aromatic carbocycles. The van der Waals surface area contributed by atoms with Crippen molar-refractivity contribution in [2.45, 2.75) is 90.0 Å². The summed E-state index contributed by atoms with van der Waals surface area (Å²) in [4.78, 5) is 0. The average molecular weight is 403 g/mol. The van der Waals surface area contributed by atoms with Gasteiger partial charge in [0.1, 0.15) is 0 Å². The Morgan fingerprint density at radius 1 is 0.700 bits per heavy atom. The Hall–Kier alpha value is 0.539. The third-order valence-corrected chi connectivity index (χ3v) is 12.0. The van der Waals surface area contributed by atoms with Crippen LogP contribution in [0.4, 0.5) is 8.78 Å². The van der Waals surface area contributed by atoms with E-state index in [1.807, 2.05) is 62.3 Å². The van der Waals surface area contributed by atoms with Crippen LogP contribution >= 0.6 is 0 Å². The molecule has 0 saturated heterocycles. The first-order valence-corrected chi connectivity index (χ1v) is 12.4. The first-order chi connectivity index (χ1) is 8.54. The maximum atomic E-state index is 13.1. The standard InChI is InChI=1S/3C4H9O.C2H3F2.Sn/c3*1-4(2,3)5;1-2(3)4;/h3*1-3H3;2H,1H2;/q3*-1;;+3. The van der Waals surface area contributed by atoms with Crippen LogP contribution in [0.5, 0.6) is 0 Å². The average Bonchev–Trinajstić information content (AvgIpc) is 1.86. The van der Waals surface area contributed by atoms with Crippen molar-refractivity contribution in [3.05, 3.63) is 0 Å². The van der Waals surface area contributed by atoms with Gasteiger partial charge in [0.05, 0.1) is 0 Å². The first-order valence-electron chi connectivity index (χ1n) is 6.92. The second-order valence-electron chi connectivity index (χ2n) is 7.92. The number of hydrogen-bond acceptors (Lipinski definition) is 3. The van der Waals surface area contributed by atoms with Crippen LogP contribution in [0.3, 0.4) is 0 Å². The van der Waals surface area contributed by atoms with E-state index in [-0.39, 0.29) is 0 Å². The third kappa shape index (κ3) is 10.3. The third-order valence-electron chi connectivity index (χ3n) is 1.79. The van der Waals surface area contributed by atoms with Gasteiger partial charge in [-0.15, -0.1) is 0 Å². The summed E-state index contributed by atoms with van der Waals surface area (Å²) in [6, 6.07) is 0. The number of hydrogen-bond donors (Lipinski definition) is 0. The van der Waals surface area contributed by atoms with Gasteiger partial charge in [0, 0.05) is 0 Å². The van der Waals surface area contributed by atoms with Gasteiger partial charge in [-0.1, -0.05) is 0 Å². The molecule has 3 nitrogen and oxygen atoms in total. The van der Waals surface area contributed by atoms with E-state index in [0.717, 1.165) is 0 Å². The second-order valence-corrected chi connectivity index (χ2v) is 14.7. The molecule has 0 aromatic rings. The van der Waals surface area contributed by atoms with Gasteiger partial charge in [-0.3, -0.25) is 0 Å². The first kappa shape index (κ1) is 20.5. The van der Waals surface area contributed by atoms with Gasteiger partial charge in [-0.05, 0) is 0 Å². The SMILES string of the molecule is CC(C)(C)[O][Sn]([CH2]C(F)F)([O]C(C)(C)C)[O]C(C)(C)C. The van der Waals surface area contributed by atoms with Gasteiger partial charge in [-0.25, -0.2) is 0 Å². The van der Waals surface area contributed by atoms with Crippen LogP contribution < -0.4 is 0 Å². The van der Waals surface area contributed by atoms with Crippen molar-refractivity contribution in [2.75, 3.05) is 0 Å². The molecule has 0 N–H and O–H groups in total. The van der Waals surface area contributed by atoms with Gasteiger partial charge in [-0.2, -0.15) is 0 Å². The summed E-state index contributed by atoms with van der Waals surface area (Å²) in [7, 11) is 0. The molecular formula is C14H30F2O3Sn. The summed E-state index contributed by atoms with van der Waals surface area (Å²) in [5.74, 6) is 0. The molecule has 6 heteroatoms. The molecule has 0 fully saturated rings. The van der Waals surface area contributed by atoms with E-state index >= 15 is 0 Å². The van der Waals surface area contributed by atoms with Crippen molar-refractivity contribution in [1.29, 1.82) is 0 Å². The topological polar surface area (TPSA) is 27.7 Å². The minimum atomic E-state index is -4.41. The van der Waals surface area contributed by atoms with Crippen LogP contribution in [0.1, 0.15) is 62.3 Å². The molecule has 0 aromatic heterocycles. The van der Waals surface area contributed by atoms with Gasteiger partial charge in [0.15, 0.2) is 0 Å². The molecule has 0 aliphatic heterocycles. The van der Waals surface area contributed by atoms with Crippen LogP contribution in [0, 0.1) is 0 Å². The maximum absolute atomic E-state index is 13.1. The monoisotopic (exact) mass is 404 g/mol. The summed E-state index contributed by atoms with van der Waals surface area (Å²) in [5.41, 5.74) is -1.75. The molecule has 0 aliphatic carbocycles. The summed E-state index contributed by atoms with van der Waals surface area (Å²) < 4.78 is 43.6. The van der Waals surface area contributed by atoms with Crippen LogP contribution in [0.2, 0.25) is 4.44 Å². The van der Waals surface area contributed by atoms with Gasteiger partial charge < -0.3 is 0 Å². The molecule has 0 saturated carbocycles. The Bertz CT molecular complexity index is 260. The van der Waals surface area contributed by atoms with Crippen LogP contribution in [0.15, 0.2) is 0 Å². The zero-order valence-electron chi connectivity index (χ0n) is 14.3. The Labute approximate surface area is 127 Å². The summed E-state index contributed by atoms with van der Waals surface area (Å²) in [6.07, 6.45) is -2.50. The molecule has 0 rings (SSSR count). The molecule has 0 atom stereocenters. The van der Waals surface area contributed by atoms with E-state index in [9.17, 15) is 8.78 Å².